The molecule has 2 fully saturated rings. The van der Waals surface area contributed by atoms with Gasteiger partial charge in [0.05, 0.1) is 32.5 Å². The van der Waals surface area contributed by atoms with E-state index in [0.29, 0.717) is 0 Å². The Bertz CT molecular complexity index is 8070. The van der Waals surface area contributed by atoms with Crippen LogP contribution in [0.3, 0.4) is 0 Å². The lowest BCUT2D eigenvalue weighted by molar-refractivity contribution is 0.701. The number of rotatable bonds is 4. The molecule has 4 spiro atoms. The topological polar surface area (TPSA) is 0 Å². The van der Waals surface area contributed by atoms with E-state index in [1.54, 1.807) is 303 Å². The van der Waals surface area contributed by atoms with Crippen LogP contribution in [0.2, 0.25) is 0 Å². The zero-order valence-electron chi connectivity index (χ0n) is 44.5. The molecule has 0 aromatic heterocycles. The van der Waals surface area contributed by atoms with Crippen LogP contribution in [0.15, 0.2) is 121 Å². The fourth-order valence-electron chi connectivity index (χ4n) is 31.4. The lowest BCUT2D eigenvalue weighted by atomic mass is 9.66. The second kappa shape index (κ2) is 7.94. The van der Waals surface area contributed by atoms with Gasteiger partial charge >= 0.3 is 0 Å². The maximum Gasteiger partial charge on any atom is 0.0528 e. The standard InChI is InChI=1S/C86H20/c1-5-13-21(14-6-1)81(22-15-7-2-8-16-22)83-73-59-49-38-29-25-26-28-33-27(25)34-31-36(29)44(49)55-47-40(31)51-42(34)53-46(33)54-43-35(28)32-37-30(26)39(38)50-45(37)56-48-41(32)52(43)64-68-58(48)70(66(56)74(83)60(50)59)80-72-71-77-67(57(47)69(65(55)73)79(71)86(80,81)83)63(51)75-61(53)62(54)76(64)85(78(68)72)82(84(75,77)85,23-17-9-3-10-18-23)24-19-11-4-12-20-24/h1-20H. The summed E-state index contributed by atoms with van der Waals surface area (Å²) in [6.07, 6.45) is 0. The van der Waals surface area contributed by atoms with Crippen LogP contribution in [0, 0.1) is 0 Å². The van der Waals surface area contributed by atoms with Crippen LogP contribution >= 0.6 is 0 Å². The van der Waals surface area contributed by atoms with E-state index < -0.39 is 32.5 Å². The van der Waals surface area contributed by atoms with Crippen LogP contribution in [-0.4, -0.2) is 0 Å². The van der Waals surface area contributed by atoms with E-state index in [2.05, 4.69) is 121 Å². The van der Waals surface area contributed by atoms with Crippen molar-refractivity contribution >= 4 is 248 Å². The van der Waals surface area contributed by atoms with Crippen LogP contribution in [0.25, 0.3) is 259 Å². The maximum atomic E-state index is 2.64. The summed E-state index contributed by atoms with van der Waals surface area (Å²) >= 11 is 0. The van der Waals surface area contributed by atoms with Crippen molar-refractivity contribution in [1.29, 1.82) is 0 Å². The lowest BCUT2D eigenvalue weighted by Crippen LogP contribution is -2.28. The summed E-state index contributed by atoms with van der Waals surface area (Å²) in [5, 5.41) is 76.6. The Labute approximate surface area is 476 Å². The quantitative estimate of drug-likeness (QED) is 0.154. The molecular formula is C86H20. The molecule has 10 aliphatic rings. The smallest absolute Gasteiger partial charge is 0.0528 e. The monoisotopic (exact) mass is 1050 g/mol. The molecule has 0 nitrogen and oxygen atoms in total. The molecule has 0 N–H and O–H groups in total. The third-order valence-corrected chi connectivity index (χ3v) is 31.1. The molecule has 38 rings (SSSR count). The molecule has 0 bridgehead atoms. The van der Waals surface area contributed by atoms with Crippen molar-refractivity contribution in [2.24, 2.45) is 0 Å². The van der Waals surface area contributed by atoms with Gasteiger partial charge in [-0.1, -0.05) is 121 Å². The minimum Gasteiger partial charge on any atom is -0.0622 e. The second-order valence-electron chi connectivity index (χ2n) is 31.0. The van der Waals surface area contributed by atoms with Crippen LogP contribution < -0.4 is 0 Å². The molecule has 2 atom stereocenters. The summed E-state index contributed by atoms with van der Waals surface area (Å²) in [5.74, 6) is 0. The third kappa shape index (κ3) is 1.80. The number of benzene rings is 20. The number of hydrogen-bond acceptors (Lipinski definition) is 0. The third-order valence-electron chi connectivity index (χ3n) is 31.1. The Balaban J connectivity index is 1.04. The van der Waals surface area contributed by atoms with Crippen molar-refractivity contribution < 1.29 is 0 Å². The molecule has 0 amide bonds. The van der Waals surface area contributed by atoms with Gasteiger partial charge in [-0.25, -0.2) is 0 Å². The van der Waals surface area contributed by atoms with Gasteiger partial charge in [0.2, 0.25) is 0 Å². The van der Waals surface area contributed by atoms with Gasteiger partial charge in [0.15, 0.2) is 0 Å². The average molecular weight is 1050 g/mol. The first-order chi connectivity index (χ1) is 42.9. The van der Waals surface area contributed by atoms with Gasteiger partial charge in [0.1, 0.15) is 0 Å². The minimum absolute atomic E-state index is 0.395. The first-order valence-corrected chi connectivity index (χ1v) is 32.1. The van der Waals surface area contributed by atoms with Crippen molar-refractivity contribution in [3.05, 3.63) is 188 Å². The molecule has 86 heavy (non-hydrogen) atoms. The average Bonchev–Trinajstić information content (AvgIpc) is 1.34. The SMILES string of the molecule is c1ccc(C2(c3ccccc3)C34c5c6c7c8c9c%10c%11c%12c%13c%14c%15c(c-6c6c%16c%17c(c%18c%19c3c3c5c8c5c9c8c%11c9c%11c%12c%12c%14c(c%15%16)c%14c%17c%15c%18c%16c%19c%17c3c5c3c8c9c5c(c%173)c%16c3c%15c%14c%12c%11c35)C624)C72C(c3ccccc3)(c3ccccc3)C%10%132)cc1. The summed E-state index contributed by atoms with van der Waals surface area (Å²) in [6, 6.07) is 49.8. The van der Waals surface area contributed by atoms with E-state index in [4.69, 9.17) is 0 Å². The summed E-state index contributed by atoms with van der Waals surface area (Å²) in [7, 11) is 0. The highest BCUT2D eigenvalue weighted by Crippen LogP contribution is 3.03. The largest absolute Gasteiger partial charge is 0.0622 e. The fraction of sp³-hybridized carbons (Fsp3) is 0.0698. The summed E-state index contributed by atoms with van der Waals surface area (Å²) < 4.78 is 0. The molecule has 0 aliphatic heterocycles. The molecule has 0 heterocycles. The van der Waals surface area contributed by atoms with Crippen molar-refractivity contribution in [2.45, 2.75) is 32.5 Å². The van der Waals surface area contributed by atoms with Gasteiger partial charge in [-0.3, -0.25) is 0 Å². The van der Waals surface area contributed by atoms with Crippen molar-refractivity contribution in [3.8, 4) is 11.1 Å². The van der Waals surface area contributed by atoms with Crippen LogP contribution in [-0.2, 0) is 32.5 Å². The number of hydrogen-bond donors (Lipinski definition) is 0. The Morgan fingerprint density at radius 2 is 0.244 bits per heavy atom. The van der Waals surface area contributed by atoms with Gasteiger partial charge in [-0.05, 0) is 326 Å². The highest BCUT2D eigenvalue weighted by Gasteiger charge is 3.00. The Hall–Kier alpha value is -10.4. The molecule has 28 aromatic rings. The summed E-state index contributed by atoms with van der Waals surface area (Å²) in [5.41, 5.74) is 21.1. The first-order valence-electron chi connectivity index (χ1n) is 32.1. The van der Waals surface area contributed by atoms with Gasteiger partial charge in [0, 0.05) is 0 Å². The molecule has 2 saturated carbocycles. The molecular weight excluding hydrogens is 1030 g/mol. The van der Waals surface area contributed by atoms with Crippen LogP contribution in [0.4, 0.5) is 0 Å². The van der Waals surface area contributed by atoms with E-state index in [-0.39, 0.29) is 0 Å². The lowest BCUT2D eigenvalue weighted by Gasteiger charge is -2.34. The van der Waals surface area contributed by atoms with Gasteiger partial charge in [-0.15, -0.1) is 0 Å². The van der Waals surface area contributed by atoms with Crippen molar-refractivity contribution in [2.75, 3.05) is 0 Å². The van der Waals surface area contributed by atoms with Gasteiger partial charge in [0.25, 0.3) is 0 Å². The molecule has 364 valence electrons. The fourth-order valence-corrected chi connectivity index (χ4v) is 31.4. The summed E-state index contributed by atoms with van der Waals surface area (Å²) in [6.45, 7) is 0. The van der Waals surface area contributed by atoms with Crippen LogP contribution in [0.1, 0.15) is 66.8 Å². The van der Waals surface area contributed by atoms with E-state index in [1.165, 1.54) is 22.3 Å². The predicted octanol–water partition coefficient (Wildman–Crippen LogP) is 20.8. The van der Waals surface area contributed by atoms with Crippen LogP contribution in [0.5, 0.6) is 0 Å². The summed E-state index contributed by atoms with van der Waals surface area (Å²) in [4.78, 5) is 0. The van der Waals surface area contributed by atoms with E-state index in [9.17, 15) is 0 Å². The van der Waals surface area contributed by atoms with Crippen molar-refractivity contribution in [1.82, 2.24) is 0 Å². The van der Waals surface area contributed by atoms with E-state index >= 15 is 0 Å². The molecule has 0 saturated heterocycles. The zero-order chi connectivity index (χ0) is 51.8. The first kappa shape index (κ1) is 33.8. The van der Waals surface area contributed by atoms with Gasteiger partial charge in [-0.2, -0.15) is 0 Å². The zero-order valence-corrected chi connectivity index (χ0v) is 44.5. The highest BCUT2D eigenvalue weighted by molar-refractivity contribution is 6.79. The van der Waals surface area contributed by atoms with Gasteiger partial charge < -0.3 is 0 Å². The Kier molecular flexibility index (Phi) is 3.12. The predicted molar refractivity (Wildman–Crippen MR) is 353 cm³/mol. The van der Waals surface area contributed by atoms with E-state index in [0.717, 1.165) is 0 Å². The molecule has 0 heteroatoms. The normalized spacial score (nSPS) is 25.6. The van der Waals surface area contributed by atoms with Crippen molar-refractivity contribution in [3.63, 3.8) is 0 Å². The van der Waals surface area contributed by atoms with E-state index in [1.807, 2.05) is 0 Å². The Morgan fingerprint density at radius 1 is 0.116 bits per heavy atom. The minimum atomic E-state index is -0.441. The molecule has 0 radical (unpaired) electrons. The second-order valence-corrected chi connectivity index (χ2v) is 31.0. The molecule has 28 aromatic carbocycles. The maximum absolute atomic E-state index is 2.64. The highest BCUT2D eigenvalue weighted by atomic mass is 15.0. The Morgan fingerprint density at radius 3 is 0.430 bits per heavy atom. The molecule has 10 aliphatic carbocycles. The molecule has 2 unspecified atom stereocenters.